The third kappa shape index (κ3) is 4.52. The maximum absolute atomic E-state index is 12.3. The van der Waals surface area contributed by atoms with E-state index in [4.69, 9.17) is 4.74 Å². The van der Waals surface area contributed by atoms with E-state index in [1.165, 1.54) is 0 Å². The van der Waals surface area contributed by atoms with Crippen LogP contribution in [0.2, 0.25) is 0 Å². The predicted octanol–water partition coefficient (Wildman–Crippen LogP) is 3.62. The van der Waals surface area contributed by atoms with Crippen LogP contribution in [0.4, 0.5) is 4.79 Å². The smallest absolute Gasteiger partial charge is 0.318 e. The molecular formula is C22H24N4O2. The maximum atomic E-state index is 12.3. The second kappa shape index (κ2) is 8.61. The lowest BCUT2D eigenvalue weighted by molar-refractivity contribution is 0.215. The van der Waals surface area contributed by atoms with Gasteiger partial charge in [0.1, 0.15) is 5.75 Å². The lowest BCUT2D eigenvalue weighted by Gasteiger charge is -2.15. The molecule has 0 radical (unpaired) electrons. The summed E-state index contributed by atoms with van der Waals surface area (Å²) < 4.78 is 7.84. The van der Waals surface area contributed by atoms with Crippen molar-refractivity contribution in [2.45, 2.75) is 25.6 Å². The van der Waals surface area contributed by atoms with Crippen molar-refractivity contribution < 1.29 is 9.53 Å². The van der Waals surface area contributed by atoms with Gasteiger partial charge < -0.3 is 19.5 Å². The summed E-state index contributed by atoms with van der Waals surface area (Å²) >= 11 is 0. The summed E-state index contributed by atoms with van der Waals surface area (Å²) in [7, 11) is 0. The van der Waals surface area contributed by atoms with E-state index in [1.54, 1.807) is 6.20 Å². The van der Waals surface area contributed by atoms with Crippen molar-refractivity contribution in [3.05, 3.63) is 84.4 Å². The molecule has 2 amide bonds. The molecule has 2 aromatic carbocycles. The molecule has 4 rings (SSSR count). The number of aryl methyl sites for hydroxylation is 1. The second-order valence-corrected chi connectivity index (χ2v) is 6.94. The molecule has 1 N–H and O–H groups in total. The number of ether oxygens (including phenoxy) is 1. The Morgan fingerprint density at radius 2 is 1.93 bits per heavy atom. The number of aromatic nitrogens is 2. The van der Waals surface area contributed by atoms with Crippen LogP contribution in [0.5, 0.6) is 5.75 Å². The van der Waals surface area contributed by atoms with Gasteiger partial charge in [0.15, 0.2) is 0 Å². The van der Waals surface area contributed by atoms with Gasteiger partial charge in [-0.05, 0) is 29.7 Å². The first kappa shape index (κ1) is 18.1. The first-order chi connectivity index (χ1) is 13.8. The third-order valence-corrected chi connectivity index (χ3v) is 4.88. The van der Waals surface area contributed by atoms with Crippen molar-refractivity contribution >= 4 is 6.03 Å². The summed E-state index contributed by atoms with van der Waals surface area (Å²) in [5.74, 6) is 0.849. The molecule has 0 bridgehead atoms. The number of carbonyl (C=O) groups is 1. The normalized spacial score (nSPS) is 16.2. The zero-order chi connectivity index (χ0) is 19.2. The molecule has 0 unspecified atom stereocenters. The minimum Gasteiger partial charge on any atom is -0.494 e. The van der Waals surface area contributed by atoms with Crippen LogP contribution in [0, 0.1) is 0 Å². The molecule has 1 atom stereocenters. The molecular weight excluding hydrogens is 352 g/mol. The number of imidazole rings is 1. The average molecular weight is 376 g/mol. The average Bonchev–Trinajstić information content (AvgIpc) is 3.37. The molecule has 1 saturated heterocycles. The molecule has 1 fully saturated rings. The largest absolute Gasteiger partial charge is 0.494 e. The van der Waals surface area contributed by atoms with Crippen molar-refractivity contribution in [1.29, 1.82) is 0 Å². The van der Waals surface area contributed by atoms with E-state index in [0.717, 1.165) is 29.8 Å². The first-order valence-electron chi connectivity index (χ1n) is 9.56. The van der Waals surface area contributed by atoms with Gasteiger partial charge in [-0.2, -0.15) is 0 Å². The standard InChI is InChI=1S/C22H24N4O2/c27-22-24-21(19-5-2-1-3-6-19)16-26(22)15-18-7-9-20(10-8-18)28-14-4-12-25-13-11-23-17-25/h1-3,5-11,13,17,21H,4,12,14-16H2,(H,24,27)/t21-/m1/s1. The predicted molar refractivity (Wildman–Crippen MR) is 107 cm³/mol. The lowest BCUT2D eigenvalue weighted by Crippen LogP contribution is -2.27. The summed E-state index contributed by atoms with van der Waals surface area (Å²) in [6.45, 7) is 2.82. The Labute approximate surface area is 164 Å². The van der Waals surface area contributed by atoms with Gasteiger partial charge in [-0.1, -0.05) is 42.5 Å². The van der Waals surface area contributed by atoms with Crippen LogP contribution in [0.3, 0.4) is 0 Å². The quantitative estimate of drug-likeness (QED) is 0.611. The van der Waals surface area contributed by atoms with Crippen molar-refractivity contribution in [2.24, 2.45) is 0 Å². The van der Waals surface area contributed by atoms with Crippen molar-refractivity contribution in [1.82, 2.24) is 19.8 Å². The molecule has 144 valence electrons. The van der Waals surface area contributed by atoms with Crippen molar-refractivity contribution in [2.75, 3.05) is 13.2 Å². The molecule has 3 aromatic rings. The number of rotatable bonds is 8. The van der Waals surface area contributed by atoms with Crippen molar-refractivity contribution in [3.8, 4) is 5.75 Å². The third-order valence-electron chi connectivity index (χ3n) is 4.88. The highest BCUT2D eigenvalue weighted by Gasteiger charge is 2.29. The first-order valence-corrected chi connectivity index (χ1v) is 9.56. The summed E-state index contributed by atoms with van der Waals surface area (Å²) in [6.07, 6.45) is 6.46. The monoisotopic (exact) mass is 376 g/mol. The van der Waals surface area contributed by atoms with E-state index in [0.29, 0.717) is 19.7 Å². The number of urea groups is 1. The van der Waals surface area contributed by atoms with Gasteiger partial charge in [-0.3, -0.25) is 0 Å². The van der Waals surface area contributed by atoms with Gasteiger partial charge in [-0.15, -0.1) is 0 Å². The van der Waals surface area contributed by atoms with Crippen LogP contribution in [0.1, 0.15) is 23.6 Å². The van der Waals surface area contributed by atoms with Gasteiger partial charge >= 0.3 is 6.03 Å². The van der Waals surface area contributed by atoms with E-state index in [1.807, 2.05) is 76.6 Å². The number of amides is 2. The van der Waals surface area contributed by atoms with E-state index in [-0.39, 0.29) is 12.1 Å². The molecule has 2 heterocycles. The zero-order valence-corrected chi connectivity index (χ0v) is 15.7. The fraction of sp³-hybridized carbons (Fsp3) is 0.273. The van der Waals surface area contributed by atoms with E-state index in [9.17, 15) is 4.79 Å². The molecule has 1 aliphatic rings. The van der Waals surface area contributed by atoms with Crippen LogP contribution in [0.15, 0.2) is 73.3 Å². The van der Waals surface area contributed by atoms with Crippen LogP contribution in [-0.4, -0.2) is 33.6 Å². The van der Waals surface area contributed by atoms with Gasteiger partial charge in [0, 0.05) is 32.0 Å². The Balaban J connectivity index is 1.25. The highest BCUT2D eigenvalue weighted by molar-refractivity contribution is 5.77. The Kier molecular flexibility index (Phi) is 5.56. The second-order valence-electron chi connectivity index (χ2n) is 6.94. The highest BCUT2D eigenvalue weighted by atomic mass is 16.5. The molecule has 0 spiro atoms. The number of hydrogen-bond donors (Lipinski definition) is 1. The van der Waals surface area contributed by atoms with E-state index in [2.05, 4.69) is 10.3 Å². The number of carbonyl (C=O) groups excluding carboxylic acids is 1. The van der Waals surface area contributed by atoms with Crippen LogP contribution >= 0.6 is 0 Å². The van der Waals surface area contributed by atoms with Crippen LogP contribution < -0.4 is 10.1 Å². The Hall–Kier alpha value is -3.28. The number of nitrogens with zero attached hydrogens (tertiary/aromatic N) is 3. The van der Waals surface area contributed by atoms with E-state index >= 15 is 0 Å². The maximum Gasteiger partial charge on any atom is 0.318 e. The Morgan fingerprint density at radius 1 is 1.11 bits per heavy atom. The highest BCUT2D eigenvalue weighted by Crippen LogP contribution is 2.22. The summed E-state index contributed by atoms with van der Waals surface area (Å²) in [5.41, 5.74) is 2.23. The Bertz CT molecular complexity index is 879. The molecule has 6 heteroatoms. The summed E-state index contributed by atoms with van der Waals surface area (Å²) in [4.78, 5) is 18.2. The molecule has 6 nitrogen and oxygen atoms in total. The fourth-order valence-electron chi connectivity index (χ4n) is 3.37. The van der Waals surface area contributed by atoms with Gasteiger partial charge in [0.05, 0.1) is 19.0 Å². The molecule has 0 saturated carbocycles. The number of nitrogens with one attached hydrogen (secondary N) is 1. The zero-order valence-electron chi connectivity index (χ0n) is 15.7. The topological polar surface area (TPSA) is 59.4 Å². The van der Waals surface area contributed by atoms with Gasteiger partial charge in [-0.25, -0.2) is 9.78 Å². The van der Waals surface area contributed by atoms with E-state index < -0.39 is 0 Å². The molecule has 0 aliphatic carbocycles. The van der Waals surface area contributed by atoms with Crippen LogP contribution in [-0.2, 0) is 13.1 Å². The van der Waals surface area contributed by atoms with Crippen LogP contribution in [0.25, 0.3) is 0 Å². The van der Waals surface area contributed by atoms with Crippen molar-refractivity contribution in [3.63, 3.8) is 0 Å². The Morgan fingerprint density at radius 3 is 2.68 bits per heavy atom. The fourth-order valence-corrected chi connectivity index (χ4v) is 3.37. The number of benzene rings is 2. The minimum absolute atomic E-state index is 0.0197. The molecule has 1 aromatic heterocycles. The molecule has 1 aliphatic heterocycles. The lowest BCUT2D eigenvalue weighted by atomic mass is 10.1. The summed E-state index contributed by atoms with van der Waals surface area (Å²) in [6, 6.07) is 18.1. The van der Waals surface area contributed by atoms with Gasteiger partial charge in [0.2, 0.25) is 0 Å². The number of hydrogen-bond acceptors (Lipinski definition) is 3. The SMILES string of the molecule is O=C1N[C@@H](c2ccccc2)CN1Cc1ccc(OCCCn2ccnc2)cc1. The summed E-state index contributed by atoms with van der Waals surface area (Å²) in [5, 5.41) is 3.05. The van der Waals surface area contributed by atoms with Gasteiger partial charge in [0.25, 0.3) is 0 Å². The molecule has 28 heavy (non-hydrogen) atoms. The minimum atomic E-state index is -0.0197.